The van der Waals surface area contributed by atoms with E-state index in [1.54, 1.807) is 0 Å². The molecule has 0 rings (SSSR count). The molecule has 0 aliphatic heterocycles. The van der Waals surface area contributed by atoms with Gasteiger partial charge in [-0.3, -0.25) is 4.79 Å². The van der Waals surface area contributed by atoms with Crippen molar-refractivity contribution in [2.24, 2.45) is 0 Å². The Morgan fingerprint density at radius 1 is 0.773 bits per heavy atom. The Balaban J connectivity index is 4.06. The maximum Gasteiger partial charge on any atom is 0.225 e. The SMILES string of the molecule is CC(C)=CCCC(C)=CCCC(C)=CC/C=C(\C)CC(=O)Cl. The summed E-state index contributed by atoms with van der Waals surface area (Å²) in [5.74, 6) is 0. The smallest absolute Gasteiger partial charge is 0.225 e. The summed E-state index contributed by atoms with van der Waals surface area (Å²) in [6, 6.07) is 0. The Morgan fingerprint density at radius 2 is 1.27 bits per heavy atom. The van der Waals surface area contributed by atoms with E-state index >= 15 is 0 Å². The molecule has 0 aromatic carbocycles. The summed E-state index contributed by atoms with van der Waals surface area (Å²) in [7, 11) is 0. The summed E-state index contributed by atoms with van der Waals surface area (Å²) in [5, 5.41) is -0.289. The number of rotatable bonds is 10. The van der Waals surface area contributed by atoms with Crippen LogP contribution >= 0.6 is 11.6 Å². The van der Waals surface area contributed by atoms with Gasteiger partial charge >= 0.3 is 0 Å². The highest BCUT2D eigenvalue weighted by atomic mass is 35.5. The average Bonchev–Trinajstić information content (AvgIpc) is 2.37. The molecular weight excluding hydrogens is 292 g/mol. The molecule has 0 aromatic heterocycles. The largest absolute Gasteiger partial charge is 0.281 e. The van der Waals surface area contributed by atoms with Gasteiger partial charge in [0.15, 0.2) is 0 Å². The lowest BCUT2D eigenvalue weighted by Gasteiger charge is -2.01. The third-order valence-corrected chi connectivity index (χ3v) is 3.61. The molecule has 0 fully saturated rings. The van der Waals surface area contributed by atoms with Crippen LogP contribution in [0.15, 0.2) is 46.6 Å². The molecule has 0 aliphatic carbocycles. The zero-order valence-electron chi connectivity index (χ0n) is 14.8. The first-order chi connectivity index (χ1) is 10.3. The number of allylic oxidation sites excluding steroid dienone is 8. The van der Waals surface area contributed by atoms with Crippen molar-refractivity contribution in [3.05, 3.63) is 46.6 Å². The lowest BCUT2D eigenvalue weighted by Crippen LogP contribution is -1.86. The zero-order valence-corrected chi connectivity index (χ0v) is 15.6. The number of hydrogen-bond acceptors (Lipinski definition) is 1. The van der Waals surface area contributed by atoms with Crippen molar-refractivity contribution in [2.75, 3.05) is 0 Å². The summed E-state index contributed by atoms with van der Waals surface area (Å²) < 4.78 is 0. The van der Waals surface area contributed by atoms with E-state index in [9.17, 15) is 4.79 Å². The van der Waals surface area contributed by atoms with Crippen LogP contribution in [-0.4, -0.2) is 5.24 Å². The number of hydrogen-bond donors (Lipinski definition) is 0. The molecule has 0 saturated heterocycles. The van der Waals surface area contributed by atoms with Crippen LogP contribution in [0.2, 0.25) is 0 Å². The van der Waals surface area contributed by atoms with Crippen molar-refractivity contribution in [3.8, 4) is 0 Å². The van der Waals surface area contributed by atoms with E-state index in [1.807, 2.05) is 6.92 Å². The summed E-state index contributed by atoms with van der Waals surface area (Å²) in [5.41, 5.74) is 5.31. The van der Waals surface area contributed by atoms with Crippen molar-refractivity contribution >= 4 is 16.8 Å². The molecule has 1 nitrogen and oxygen atoms in total. The third-order valence-electron chi connectivity index (χ3n) is 3.47. The summed E-state index contributed by atoms with van der Waals surface area (Å²) in [6.45, 7) is 10.6. The van der Waals surface area contributed by atoms with Crippen LogP contribution in [-0.2, 0) is 4.79 Å². The molecule has 22 heavy (non-hydrogen) atoms. The Kier molecular flexibility index (Phi) is 11.9. The average molecular weight is 323 g/mol. The van der Waals surface area contributed by atoms with Crippen LogP contribution in [0.1, 0.15) is 73.1 Å². The fourth-order valence-electron chi connectivity index (χ4n) is 2.09. The van der Waals surface area contributed by atoms with E-state index in [4.69, 9.17) is 11.6 Å². The van der Waals surface area contributed by atoms with E-state index < -0.39 is 0 Å². The molecule has 0 amide bonds. The van der Waals surface area contributed by atoms with Crippen LogP contribution in [0.4, 0.5) is 0 Å². The summed E-state index contributed by atoms with van der Waals surface area (Å²) >= 11 is 5.36. The lowest BCUT2D eigenvalue weighted by molar-refractivity contribution is -0.111. The highest BCUT2D eigenvalue weighted by molar-refractivity contribution is 6.63. The van der Waals surface area contributed by atoms with Crippen LogP contribution in [0, 0.1) is 0 Å². The first-order valence-corrected chi connectivity index (χ1v) is 8.47. The predicted octanol–water partition coefficient (Wildman–Crippen LogP) is 6.90. The van der Waals surface area contributed by atoms with Gasteiger partial charge in [0.1, 0.15) is 0 Å². The van der Waals surface area contributed by atoms with Gasteiger partial charge < -0.3 is 0 Å². The minimum absolute atomic E-state index is 0.289. The standard InChI is InChI=1S/C20H31ClO/c1-16(2)9-6-10-17(3)11-7-12-18(4)13-8-14-19(5)15-20(21)22/h9,11,13-14H,6-8,10,12,15H2,1-5H3/b17-11?,18-13?,19-14+. The Bertz CT molecular complexity index is 460. The fraction of sp³-hybridized carbons (Fsp3) is 0.550. The molecule has 0 aromatic rings. The van der Waals surface area contributed by atoms with Crippen LogP contribution < -0.4 is 0 Å². The molecule has 0 N–H and O–H groups in total. The molecule has 0 radical (unpaired) electrons. The van der Waals surface area contributed by atoms with Gasteiger partial charge in [-0.2, -0.15) is 0 Å². The highest BCUT2D eigenvalue weighted by Crippen LogP contribution is 2.12. The Morgan fingerprint density at radius 3 is 1.82 bits per heavy atom. The quantitative estimate of drug-likeness (QED) is 0.316. The van der Waals surface area contributed by atoms with Gasteiger partial charge in [0, 0.05) is 6.42 Å². The second-order valence-electron chi connectivity index (χ2n) is 6.28. The maximum atomic E-state index is 10.8. The van der Waals surface area contributed by atoms with E-state index in [1.165, 1.54) is 16.7 Å². The van der Waals surface area contributed by atoms with Gasteiger partial charge in [0.05, 0.1) is 0 Å². The van der Waals surface area contributed by atoms with Gasteiger partial charge in [0.2, 0.25) is 5.24 Å². The van der Waals surface area contributed by atoms with Crippen molar-refractivity contribution < 1.29 is 4.79 Å². The molecule has 0 spiro atoms. The highest BCUT2D eigenvalue weighted by Gasteiger charge is 1.96. The van der Waals surface area contributed by atoms with E-state index in [0.717, 1.165) is 37.7 Å². The van der Waals surface area contributed by atoms with E-state index in [-0.39, 0.29) is 5.24 Å². The van der Waals surface area contributed by atoms with Gasteiger partial charge in [-0.1, -0.05) is 46.6 Å². The molecule has 0 aliphatic rings. The molecular formula is C20H31ClO. The summed E-state index contributed by atoms with van der Waals surface area (Å²) in [6.07, 6.45) is 14.7. The number of carbonyl (C=O) groups is 1. The minimum Gasteiger partial charge on any atom is -0.281 e. The molecule has 0 saturated carbocycles. The molecule has 124 valence electrons. The van der Waals surface area contributed by atoms with Gasteiger partial charge in [-0.25, -0.2) is 0 Å². The van der Waals surface area contributed by atoms with E-state index in [0.29, 0.717) is 6.42 Å². The Hall–Kier alpha value is -1.08. The molecule has 2 heteroatoms. The van der Waals surface area contributed by atoms with Crippen LogP contribution in [0.5, 0.6) is 0 Å². The first kappa shape index (κ1) is 20.9. The third kappa shape index (κ3) is 13.9. The van der Waals surface area contributed by atoms with Gasteiger partial charge in [-0.05, 0) is 78.3 Å². The van der Waals surface area contributed by atoms with Gasteiger partial charge in [0.25, 0.3) is 0 Å². The first-order valence-electron chi connectivity index (χ1n) is 8.10. The van der Waals surface area contributed by atoms with Crippen LogP contribution in [0.3, 0.4) is 0 Å². The molecule has 0 unspecified atom stereocenters. The topological polar surface area (TPSA) is 17.1 Å². The lowest BCUT2D eigenvalue weighted by atomic mass is 10.1. The molecule has 0 bridgehead atoms. The Labute approximate surface area is 141 Å². The number of halogens is 1. The van der Waals surface area contributed by atoms with Crippen molar-refractivity contribution in [2.45, 2.75) is 73.1 Å². The number of carbonyl (C=O) groups excluding carboxylic acids is 1. The summed E-state index contributed by atoms with van der Waals surface area (Å²) in [4.78, 5) is 10.8. The van der Waals surface area contributed by atoms with Crippen LogP contribution in [0.25, 0.3) is 0 Å². The van der Waals surface area contributed by atoms with Crippen molar-refractivity contribution in [1.82, 2.24) is 0 Å². The van der Waals surface area contributed by atoms with Gasteiger partial charge in [-0.15, -0.1) is 0 Å². The molecule has 0 atom stereocenters. The maximum absolute atomic E-state index is 10.8. The normalized spacial score (nSPS) is 13.3. The fourth-order valence-corrected chi connectivity index (χ4v) is 2.30. The minimum atomic E-state index is -0.289. The zero-order chi connectivity index (χ0) is 17.0. The molecule has 0 heterocycles. The van der Waals surface area contributed by atoms with Crippen molar-refractivity contribution in [1.29, 1.82) is 0 Å². The monoisotopic (exact) mass is 322 g/mol. The van der Waals surface area contributed by atoms with Crippen molar-refractivity contribution in [3.63, 3.8) is 0 Å². The second kappa shape index (κ2) is 12.5. The van der Waals surface area contributed by atoms with E-state index in [2.05, 4.69) is 52.0 Å². The predicted molar refractivity (Wildman–Crippen MR) is 99.3 cm³/mol. The second-order valence-corrected chi connectivity index (χ2v) is 6.70.